The smallest absolute Gasteiger partial charge is 0.387 e. The van der Waals surface area contributed by atoms with Gasteiger partial charge in [0.05, 0.1) is 16.3 Å². The van der Waals surface area contributed by atoms with Crippen LogP contribution in [0, 0.1) is 11.8 Å². The van der Waals surface area contributed by atoms with Gasteiger partial charge in [0.25, 0.3) is 5.91 Å². The summed E-state index contributed by atoms with van der Waals surface area (Å²) < 4.78 is 59.3. The number of fused-ring (bicyclic) bond motifs is 1. The molecule has 1 amide bonds. The minimum atomic E-state index is -3.89. The number of aromatic nitrogens is 4. The van der Waals surface area contributed by atoms with Gasteiger partial charge >= 0.3 is 6.61 Å². The number of nitrogens with zero attached hydrogens (tertiary/aromatic N) is 4. The second-order valence-corrected chi connectivity index (χ2v) is 11.0. The van der Waals surface area contributed by atoms with Crippen molar-refractivity contribution in [3.63, 3.8) is 0 Å². The highest BCUT2D eigenvalue weighted by molar-refractivity contribution is 7.90. The van der Waals surface area contributed by atoms with Crippen LogP contribution >= 0.6 is 0 Å². The lowest BCUT2D eigenvalue weighted by Gasteiger charge is -2.10. The highest BCUT2D eigenvalue weighted by Crippen LogP contribution is 2.22. The molecular weight excluding hydrogens is 552 g/mol. The second-order valence-electron chi connectivity index (χ2n) is 9.01. The van der Waals surface area contributed by atoms with E-state index in [1.807, 2.05) is 28.9 Å². The number of alkyl halides is 2. The van der Waals surface area contributed by atoms with Gasteiger partial charge in [0.15, 0.2) is 9.84 Å². The van der Waals surface area contributed by atoms with E-state index in [2.05, 4.69) is 32.0 Å². The minimum absolute atomic E-state index is 0.0326. The summed E-state index contributed by atoms with van der Waals surface area (Å²) in [6.07, 6.45) is 6.97. The first-order chi connectivity index (χ1) is 19.7. The van der Waals surface area contributed by atoms with E-state index >= 15 is 0 Å². The Kier molecular flexibility index (Phi) is 7.80. The molecule has 3 heterocycles. The van der Waals surface area contributed by atoms with Crippen molar-refractivity contribution in [1.29, 1.82) is 0 Å². The number of halogens is 2. The van der Waals surface area contributed by atoms with E-state index in [-0.39, 0.29) is 34.1 Å². The summed E-state index contributed by atoms with van der Waals surface area (Å²) in [6.45, 7) is -2.73. The van der Waals surface area contributed by atoms with Crippen molar-refractivity contribution >= 4 is 21.4 Å². The topological polar surface area (TPSA) is 108 Å². The van der Waals surface area contributed by atoms with Crippen LogP contribution in [0.25, 0.3) is 5.65 Å². The SMILES string of the molecule is Cn1ccc(CS(=O)(=O)c2ccc(C(=O)NCc3ccn4ccnc4c3)cc2C#Cc2ccc(OC(F)F)cc2)n1. The molecule has 5 aromatic rings. The highest BCUT2D eigenvalue weighted by atomic mass is 32.2. The lowest BCUT2D eigenvalue weighted by Crippen LogP contribution is -2.23. The van der Waals surface area contributed by atoms with Gasteiger partial charge in [0, 0.05) is 55.1 Å². The number of carbonyl (C=O) groups excluding carboxylic acids is 1. The Bertz CT molecular complexity index is 1890. The van der Waals surface area contributed by atoms with Gasteiger partial charge in [-0.15, -0.1) is 0 Å². The molecule has 0 aliphatic heterocycles. The molecule has 0 bridgehead atoms. The van der Waals surface area contributed by atoms with Gasteiger partial charge < -0.3 is 14.5 Å². The summed E-state index contributed by atoms with van der Waals surface area (Å²) in [7, 11) is -2.21. The molecule has 0 spiro atoms. The molecular formula is C29H23F2N5O4S. The summed E-state index contributed by atoms with van der Waals surface area (Å²) in [6, 6.07) is 15.1. The fourth-order valence-electron chi connectivity index (χ4n) is 4.06. The van der Waals surface area contributed by atoms with Gasteiger partial charge in [0.2, 0.25) is 0 Å². The van der Waals surface area contributed by atoms with Crippen molar-refractivity contribution in [2.75, 3.05) is 0 Å². The Morgan fingerprint density at radius 3 is 2.56 bits per heavy atom. The molecule has 0 radical (unpaired) electrons. The first-order valence-corrected chi connectivity index (χ1v) is 13.9. The molecule has 1 N–H and O–H groups in total. The summed E-state index contributed by atoms with van der Waals surface area (Å²) >= 11 is 0. The first-order valence-electron chi connectivity index (χ1n) is 12.3. The average molecular weight is 576 g/mol. The Morgan fingerprint density at radius 1 is 1.02 bits per heavy atom. The molecule has 9 nitrogen and oxygen atoms in total. The van der Waals surface area contributed by atoms with Crippen molar-refractivity contribution in [1.82, 2.24) is 24.5 Å². The molecule has 0 aliphatic carbocycles. The number of imidazole rings is 1. The Morgan fingerprint density at radius 2 is 1.83 bits per heavy atom. The zero-order valence-corrected chi connectivity index (χ0v) is 22.5. The van der Waals surface area contributed by atoms with Gasteiger partial charge in [-0.3, -0.25) is 9.48 Å². The lowest BCUT2D eigenvalue weighted by molar-refractivity contribution is -0.0498. The fraction of sp³-hybridized carbons (Fsp3) is 0.138. The molecule has 0 aliphatic rings. The summed E-state index contributed by atoms with van der Waals surface area (Å²) in [5, 5.41) is 6.99. The molecule has 0 saturated carbocycles. The number of rotatable bonds is 8. The van der Waals surface area contributed by atoms with Gasteiger partial charge in [-0.05, 0) is 66.2 Å². The van der Waals surface area contributed by atoms with Gasteiger partial charge in [-0.2, -0.15) is 13.9 Å². The summed E-state index contributed by atoms with van der Waals surface area (Å²) in [5.74, 6) is 4.87. The van der Waals surface area contributed by atoms with Gasteiger partial charge in [-0.25, -0.2) is 13.4 Å². The van der Waals surface area contributed by atoms with Crippen molar-refractivity contribution < 1.29 is 26.7 Å². The number of amides is 1. The van der Waals surface area contributed by atoms with Crippen LogP contribution in [-0.2, 0) is 29.2 Å². The molecule has 0 atom stereocenters. The van der Waals surface area contributed by atoms with Crippen LogP contribution in [0.15, 0.2) is 90.3 Å². The third-order valence-electron chi connectivity index (χ3n) is 6.02. The van der Waals surface area contributed by atoms with Crippen LogP contribution in [-0.4, -0.2) is 40.1 Å². The predicted octanol–water partition coefficient (Wildman–Crippen LogP) is 3.97. The van der Waals surface area contributed by atoms with Crippen molar-refractivity contribution in [2.24, 2.45) is 7.05 Å². The molecule has 3 aromatic heterocycles. The quantitative estimate of drug-likeness (QED) is 0.281. The zero-order valence-electron chi connectivity index (χ0n) is 21.7. The lowest BCUT2D eigenvalue weighted by atomic mass is 10.1. The minimum Gasteiger partial charge on any atom is -0.435 e. The van der Waals surface area contributed by atoms with Crippen LogP contribution in [0.2, 0.25) is 0 Å². The molecule has 2 aromatic carbocycles. The molecule has 0 fully saturated rings. The van der Waals surface area contributed by atoms with E-state index in [1.54, 1.807) is 25.5 Å². The normalized spacial score (nSPS) is 11.3. The third kappa shape index (κ3) is 6.77. The Labute approximate surface area is 234 Å². The van der Waals surface area contributed by atoms with Crippen LogP contribution in [0.4, 0.5) is 8.78 Å². The number of benzene rings is 2. The van der Waals surface area contributed by atoms with Crippen LogP contribution in [0.5, 0.6) is 5.75 Å². The zero-order chi connectivity index (χ0) is 29.0. The van der Waals surface area contributed by atoms with Crippen LogP contribution < -0.4 is 10.1 Å². The monoisotopic (exact) mass is 575 g/mol. The molecule has 0 saturated heterocycles. The number of pyridine rings is 1. The number of carbonyl (C=O) groups is 1. The number of hydrogen-bond acceptors (Lipinski definition) is 6. The number of nitrogens with one attached hydrogen (secondary N) is 1. The van der Waals surface area contributed by atoms with E-state index in [1.165, 1.54) is 47.1 Å². The maximum absolute atomic E-state index is 13.4. The van der Waals surface area contributed by atoms with Crippen molar-refractivity contribution in [3.8, 4) is 17.6 Å². The maximum atomic E-state index is 13.4. The maximum Gasteiger partial charge on any atom is 0.387 e. The highest BCUT2D eigenvalue weighted by Gasteiger charge is 2.22. The fourth-order valence-corrected chi connectivity index (χ4v) is 5.48. The molecule has 12 heteroatoms. The summed E-state index contributed by atoms with van der Waals surface area (Å²) in [5.41, 5.74) is 2.70. The van der Waals surface area contributed by atoms with E-state index in [9.17, 15) is 22.0 Å². The second kappa shape index (κ2) is 11.6. The Balaban J connectivity index is 1.43. The summed E-state index contributed by atoms with van der Waals surface area (Å²) in [4.78, 5) is 17.2. The predicted molar refractivity (Wildman–Crippen MR) is 146 cm³/mol. The number of ether oxygens (including phenoxy) is 1. The van der Waals surface area contributed by atoms with E-state index in [4.69, 9.17) is 0 Å². The average Bonchev–Trinajstić information content (AvgIpc) is 3.58. The van der Waals surface area contributed by atoms with Gasteiger partial charge in [-0.1, -0.05) is 11.8 Å². The molecule has 208 valence electrons. The largest absolute Gasteiger partial charge is 0.435 e. The molecule has 41 heavy (non-hydrogen) atoms. The first kappa shape index (κ1) is 27.5. The number of sulfone groups is 1. The van der Waals surface area contributed by atoms with Crippen LogP contribution in [0.3, 0.4) is 0 Å². The molecule has 0 unspecified atom stereocenters. The molecule has 5 rings (SSSR count). The number of aryl methyl sites for hydroxylation is 1. The van der Waals surface area contributed by atoms with E-state index in [0.717, 1.165) is 11.2 Å². The third-order valence-corrected chi connectivity index (χ3v) is 7.72. The van der Waals surface area contributed by atoms with E-state index in [0.29, 0.717) is 11.3 Å². The van der Waals surface area contributed by atoms with E-state index < -0.39 is 22.4 Å². The van der Waals surface area contributed by atoms with Crippen LogP contribution in [0.1, 0.15) is 32.7 Å². The van der Waals surface area contributed by atoms with Crippen molar-refractivity contribution in [3.05, 3.63) is 113 Å². The van der Waals surface area contributed by atoms with Crippen molar-refractivity contribution in [2.45, 2.75) is 23.8 Å². The standard InChI is InChI=1S/C29H23F2N5O4S/c1-35-13-11-24(34-35)19-41(38,39)26-9-6-23(28(37)33-18-21-10-14-36-15-12-32-27(36)16-21)17-22(26)5-2-20-3-7-25(8-4-20)40-29(30)31/h3-4,6-17,29H,18-19H2,1H3,(H,33,37). The Hall–Kier alpha value is -5.02. The number of hydrogen-bond donors (Lipinski definition) is 1. The van der Waals surface area contributed by atoms with Gasteiger partial charge in [0.1, 0.15) is 11.4 Å².